The van der Waals surface area contributed by atoms with Gasteiger partial charge in [-0.3, -0.25) is 0 Å². The summed E-state index contributed by atoms with van der Waals surface area (Å²) in [6.45, 7) is -0.426. The van der Waals surface area contributed by atoms with E-state index in [-0.39, 0.29) is 14.0 Å². The minimum atomic E-state index is -0.213. The summed E-state index contributed by atoms with van der Waals surface area (Å²) in [6, 6.07) is 46.8. The lowest BCUT2D eigenvalue weighted by Gasteiger charge is -2.35. The van der Waals surface area contributed by atoms with E-state index >= 15 is 0 Å². The van der Waals surface area contributed by atoms with Gasteiger partial charge in [-0.1, -0.05) is 84.9 Å². The number of benzene rings is 6. The van der Waals surface area contributed by atoms with E-state index in [9.17, 15) is 0 Å². The summed E-state index contributed by atoms with van der Waals surface area (Å²) in [7, 11) is 0. The molecule has 0 amide bonds. The van der Waals surface area contributed by atoms with Crippen molar-refractivity contribution < 1.29 is 13.9 Å². The fourth-order valence-electron chi connectivity index (χ4n) is 9.17. The Bertz CT molecular complexity index is 2480. The number of anilines is 8. The first kappa shape index (κ1) is 24.7. The van der Waals surface area contributed by atoms with Crippen LogP contribution in [0, 0.1) is 0 Å². The van der Waals surface area contributed by atoms with E-state index in [2.05, 4.69) is 141 Å². The summed E-state index contributed by atoms with van der Waals surface area (Å²) in [4.78, 5) is 9.66. The maximum absolute atomic E-state index is 7.36. The van der Waals surface area contributed by atoms with Crippen molar-refractivity contribution >= 4 is 70.8 Å². The van der Waals surface area contributed by atoms with Crippen LogP contribution in [0.15, 0.2) is 138 Å². The molecule has 9 heteroatoms. The molecule has 0 aliphatic carbocycles. The van der Waals surface area contributed by atoms with Crippen LogP contribution in [0.5, 0.6) is 23.0 Å². The molecule has 49 heavy (non-hydrogen) atoms. The van der Waals surface area contributed by atoms with Gasteiger partial charge in [-0.2, -0.15) is 0 Å². The Morgan fingerprint density at radius 1 is 0.347 bits per heavy atom. The normalized spacial score (nSPS) is 15.4. The largest absolute Gasteiger partial charge is 0.456 e. The summed E-state index contributed by atoms with van der Waals surface area (Å²) in [5, 5.41) is 0. The minimum absolute atomic E-state index is 0.213. The van der Waals surface area contributed by atoms with Gasteiger partial charge in [-0.25, -0.2) is 0 Å². The van der Waals surface area contributed by atoms with Gasteiger partial charge in [0.2, 0.25) is 11.8 Å². The van der Waals surface area contributed by atoms with Crippen LogP contribution >= 0.6 is 0 Å². The van der Waals surface area contributed by atoms with Crippen molar-refractivity contribution in [2.75, 3.05) is 19.2 Å². The summed E-state index contributed by atoms with van der Waals surface area (Å²) < 4.78 is 21.0. The van der Waals surface area contributed by atoms with Crippen LogP contribution in [-0.4, -0.2) is 14.0 Å². The highest BCUT2D eigenvalue weighted by Gasteiger charge is 2.61. The molecular weight excluding hydrogens is 606 g/mol. The molecule has 0 saturated carbocycles. The second-order valence-corrected chi connectivity index (χ2v) is 13.2. The van der Waals surface area contributed by atoms with E-state index in [0.29, 0.717) is 0 Å². The number of rotatable bonds is 0. The van der Waals surface area contributed by atoms with Crippen LogP contribution in [0.1, 0.15) is 0 Å². The first-order valence-corrected chi connectivity index (χ1v) is 16.7. The molecule has 6 aliphatic heterocycles. The summed E-state index contributed by atoms with van der Waals surface area (Å²) in [5.41, 5.74) is 13.1. The molecule has 0 unspecified atom stereocenters. The van der Waals surface area contributed by atoms with Crippen LogP contribution < -0.4 is 39.6 Å². The predicted octanol–water partition coefficient (Wildman–Crippen LogP) is 8.82. The second-order valence-electron chi connectivity index (χ2n) is 13.2. The zero-order valence-corrected chi connectivity index (χ0v) is 25.9. The van der Waals surface area contributed by atoms with E-state index in [4.69, 9.17) is 13.9 Å². The highest BCUT2D eigenvalue weighted by molar-refractivity contribution is 6.90. The third-order valence-electron chi connectivity index (χ3n) is 11.0. The van der Waals surface area contributed by atoms with Crippen molar-refractivity contribution in [1.29, 1.82) is 0 Å². The van der Waals surface area contributed by atoms with E-state index in [0.717, 1.165) is 90.9 Å². The highest BCUT2D eigenvalue weighted by atomic mass is 16.5. The Balaban J connectivity index is 1.19. The number of para-hydroxylation sites is 6. The molecule has 0 atom stereocenters. The summed E-state index contributed by atoms with van der Waals surface area (Å²) in [5.74, 6) is 4.97. The Labute approximate surface area is 282 Å². The molecule has 0 fully saturated rings. The van der Waals surface area contributed by atoms with Gasteiger partial charge in [0.05, 0.1) is 11.4 Å². The number of ether oxygens (including phenoxy) is 2. The van der Waals surface area contributed by atoms with Crippen molar-refractivity contribution in [2.45, 2.75) is 0 Å². The maximum Gasteiger partial charge on any atom is 0.427 e. The first-order valence-electron chi connectivity index (χ1n) is 16.7. The van der Waals surface area contributed by atoms with Crippen molar-refractivity contribution in [1.82, 2.24) is 0 Å². The predicted molar refractivity (Wildman–Crippen MR) is 195 cm³/mol. The molecule has 7 heterocycles. The van der Waals surface area contributed by atoms with Crippen molar-refractivity contribution in [3.8, 4) is 45.3 Å². The standard InChI is InChI=1S/C40H22B2N4O3/c1-3-15-27-23(11-1)25-13-9-21-33-35(25)41-43(29-17-5-7-19-31(29)47-33)37-38-40(49-39(37)45(27)41)46-28-16-4-2-12-24(28)26-14-10-22-34-36(26)42(46)44(38)30-18-6-8-20-32(30)48-34/h1-22H. The monoisotopic (exact) mass is 628 g/mol. The number of furan rings is 1. The second kappa shape index (κ2) is 8.32. The lowest BCUT2D eigenvalue weighted by atomic mass is 9.59. The highest BCUT2D eigenvalue weighted by Crippen LogP contribution is 2.66. The molecular formula is C40H22B2N4O3. The van der Waals surface area contributed by atoms with Gasteiger partial charge in [0.1, 0.15) is 34.4 Å². The molecule has 6 aromatic carbocycles. The smallest absolute Gasteiger partial charge is 0.427 e. The summed E-state index contributed by atoms with van der Waals surface area (Å²) >= 11 is 0. The van der Waals surface area contributed by atoms with Crippen LogP contribution in [0.4, 0.5) is 45.9 Å². The van der Waals surface area contributed by atoms with Crippen LogP contribution in [-0.2, 0) is 0 Å². The molecule has 0 radical (unpaired) electrons. The third-order valence-corrected chi connectivity index (χ3v) is 11.0. The van der Waals surface area contributed by atoms with Crippen LogP contribution in [0.2, 0.25) is 0 Å². The van der Waals surface area contributed by atoms with Gasteiger partial charge in [0.15, 0.2) is 0 Å². The third kappa shape index (κ3) is 2.75. The molecule has 7 aromatic rings. The fourth-order valence-corrected chi connectivity index (χ4v) is 9.17. The van der Waals surface area contributed by atoms with Crippen LogP contribution in [0.25, 0.3) is 22.3 Å². The molecule has 7 nitrogen and oxygen atoms in total. The molecule has 0 N–H and O–H groups in total. The first-order chi connectivity index (χ1) is 24.3. The van der Waals surface area contributed by atoms with Gasteiger partial charge in [-0.05, 0) is 59.7 Å². The van der Waals surface area contributed by atoms with Gasteiger partial charge in [-0.15, -0.1) is 0 Å². The Hall–Kier alpha value is -6.47. The zero-order valence-electron chi connectivity index (χ0n) is 25.9. The number of nitrogens with zero attached hydrogens (tertiary/aromatic N) is 4. The quantitative estimate of drug-likeness (QED) is 0.156. The lowest BCUT2D eigenvalue weighted by molar-refractivity contribution is 0.489. The Kier molecular flexibility index (Phi) is 4.19. The SMILES string of the molecule is c1ccc2c(c1)Oc1cccc3c1B1N(c4ccccc4-3)c3oc4c(c3N12)N1B2c3c(cccc3-c3ccccc3N24)Oc2ccccc21. The number of fused-ring (bicyclic) bond motifs is 17. The van der Waals surface area contributed by atoms with Gasteiger partial charge in [0, 0.05) is 33.4 Å². The molecule has 6 aliphatic rings. The molecule has 226 valence electrons. The number of hydrogen-bond donors (Lipinski definition) is 0. The number of hydrogen-bond acceptors (Lipinski definition) is 7. The average Bonchev–Trinajstić information content (AvgIpc) is 3.71. The van der Waals surface area contributed by atoms with Crippen molar-refractivity contribution in [3.05, 3.63) is 133 Å². The molecule has 13 rings (SSSR count). The van der Waals surface area contributed by atoms with Gasteiger partial charge < -0.3 is 33.1 Å². The van der Waals surface area contributed by atoms with Crippen LogP contribution in [0.3, 0.4) is 0 Å². The van der Waals surface area contributed by atoms with Crippen molar-refractivity contribution in [2.24, 2.45) is 0 Å². The zero-order chi connectivity index (χ0) is 31.5. The topological polar surface area (TPSA) is 44.6 Å². The minimum Gasteiger partial charge on any atom is -0.456 e. The van der Waals surface area contributed by atoms with Gasteiger partial charge in [0.25, 0.3) is 0 Å². The van der Waals surface area contributed by atoms with Gasteiger partial charge >= 0.3 is 14.0 Å². The Morgan fingerprint density at radius 2 is 0.735 bits per heavy atom. The maximum atomic E-state index is 7.36. The molecule has 1 aromatic heterocycles. The summed E-state index contributed by atoms with van der Waals surface area (Å²) in [6.07, 6.45) is 0. The van der Waals surface area contributed by atoms with E-state index in [1.165, 1.54) is 11.1 Å². The van der Waals surface area contributed by atoms with E-state index < -0.39 is 0 Å². The lowest BCUT2D eigenvalue weighted by Crippen LogP contribution is -2.55. The molecule has 0 bridgehead atoms. The van der Waals surface area contributed by atoms with E-state index in [1.807, 2.05) is 12.1 Å². The van der Waals surface area contributed by atoms with Crippen molar-refractivity contribution in [3.63, 3.8) is 0 Å². The fraction of sp³-hybridized carbons (Fsp3) is 0. The van der Waals surface area contributed by atoms with E-state index in [1.54, 1.807) is 0 Å². The Morgan fingerprint density at radius 3 is 1.22 bits per heavy atom. The molecule has 0 saturated heterocycles. The average molecular weight is 628 g/mol. The molecule has 0 spiro atoms.